The molecule has 1 amide bonds. The van der Waals surface area contributed by atoms with Crippen molar-refractivity contribution in [1.82, 2.24) is 19.9 Å². The highest BCUT2D eigenvalue weighted by Gasteiger charge is 2.30. The van der Waals surface area contributed by atoms with Crippen LogP contribution in [0.5, 0.6) is 0 Å². The number of amides is 1. The largest absolute Gasteiger partial charge is 0.417 e. The summed E-state index contributed by atoms with van der Waals surface area (Å²) in [6, 6.07) is 9.86. The quantitative estimate of drug-likeness (QED) is 0.690. The number of alkyl halides is 3. The van der Waals surface area contributed by atoms with Crippen LogP contribution in [0.15, 0.2) is 47.6 Å². The lowest BCUT2D eigenvalue weighted by atomic mass is 10.3. The summed E-state index contributed by atoms with van der Waals surface area (Å²) in [6.07, 6.45) is -3.65. The van der Waals surface area contributed by atoms with E-state index in [0.29, 0.717) is 5.03 Å². The van der Waals surface area contributed by atoms with Gasteiger partial charge in [0.2, 0.25) is 5.91 Å². The molecule has 0 aliphatic carbocycles. The van der Waals surface area contributed by atoms with Crippen molar-refractivity contribution in [1.29, 1.82) is 0 Å². The smallest absolute Gasteiger partial charge is 0.348 e. The summed E-state index contributed by atoms with van der Waals surface area (Å²) in [4.78, 5) is 20.1. The fourth-order valence-electron chi connectivity index (χ4n) is 2.36. The maximum absolute atomic E-state index is 12.5. The van der Waals surface area contributed by atoms with Crippen LogP contribution in [0.2, 0.25) is 0 Å². The third-order valence-corrected chi connectivity index (χ3v) is 4.68. The third-order valence-electron chi connectivity index (χ3n) is 3.74. The van der Waals surface area contributed by atoms with E-state index in [2.05, 4.69) is 15.3 Å². The van der Waals surface area contributed by atoms with Gasteiger partial charge < -0.3 is 9.88 Å². The minimum atomic E-state index is -4.42. The number of halogens is 3. The first-order valence-electron chi connectivity index (χ1n) is 7.67. The van der Waals surface area contributed by atoms with Crippen molar-refractivity contribution >= 4 is 28.7 Å². The van der Waals surface area contributed by atoms with E-state index in [-0.39, 0.29) is 18.2 Å². The molecular weight excluding hydrogens is 365 g/mol. The molecule has 2 heterocycles. The molecule has 136 valence electrons. The van der Waals surface area contributed by atoms with Gasteiger partial charge >= 0.3 is 6.18 Å². The van der Waals surface area contributed by atoms with Crippen molar-refractivity contribution in [3.8, 4) is 0 Å². The predicted molar refractivity (Wildman–Crippen MR) is 92.5 cm³/mol. The van der Waals surface area contributed by atoms with Crippen LogP contribution in [-0.4, -0.2) is 26.2 Å². The molecule has 1 N–H and O–H groups in total. The Hall–Kier alpha value is -2.55. The van der Waals surface area contributed by atoms with Crippen LogP contribution < -0.4 is 5.32 Å². The Morgan fingerprint density at radius 3 is 2.65 bits per heavy atom. The first kappa shape index (κ1) is 18.2. The standard InChI is InChI=1S/C17H15F3N4OS/c1-24-13-5-3-2-4-12(13)23-14(24)9-21-15(25)10-26-16-7-6-11(8-22-16)17(18,19)20/h2-8H,9-10H2,1H3,(H,21,25). The molecule has 0 bridgehead atoms. The van der Waals surface area contributed by atoms with Crippen LogP contribution in [-0.2, 0) is 24.6 Å². The van der Waals surface area contributed by atoms with Gasteiger partial charge in [0.05, 0.1) is 33.9 Å². The molecule has 0 unspecified atom stereocenters. The Labute approximate surface area is 151 Å². The van der Waals surface area contributed by atoms with E-state index in [9.17, 15) is 18.0 Å². The van der Waals surface area contributed by atoms with Crippen molar-refractivity contribution < 1.29 is 18.0 Å². The summed E-state index contributed by atoms with van der Waals surface area (Å²) >= 11 is 1.07. The molecule has 3 aromatic rings. The number of aromatic nitrogens is 3. The zero-order valence-electron chi connectivity index (χ0n) is 13.7. The van der Waals surface area contributed by atoms with Crippen molar-refractivity contribution in [3.05, 3.63) is 54.0 Å². The molecular formula is C17H15F3N4OS. The van der Waals surface area contributed by atoms with Crippen LogP contribution in [0.3, 0.4) is 0 Å². The summed E-state index contributed by atoms with van der Waals surface area (Å²) in [5.74, 6) is 0.531. The number of fused-ring (bicyclic) bond motifs is 1. The van der Waals surface area contributed by atoms with Gasteiger partial charge in [0.15, 0.2) is 0 Å². The number of nitrogens with zero attached hydrogens (tertiary/aromatic N) is 3. The summed E-state index contributed by atoms with van der Waals surface area (Å²) in [6.45, 7) is 0.269. The van der Waals surface area contributed by atoms with Crippen molar-refractivity contribution in [2.24, 2.45) is 7.05 Å². The molecule has 2 aromatic heterocycles. The molecule has 0 spiro atoms. The monoisotopic (exact) mass is 380 g/mol. The second-order valence-electron chi connectivity index (χ2n) is 5.52. The van der Waals surface area contributed by atoms with Crippen LogP contribution in [0, 0.1) is 0 Å². The third kappa shape index (κ3) is 4.16. The molecule has 26 heavy (non-hydrogen) atoms. The van der Waals surface area contributed by atoms with Gasteiger partial charge in [-0.05, 0) is 24.3 Å². The highest BCUT2D eigenvalue weighted by atomic mass is 32.2. The average molecular weight is 380 g/mol. The van der Waals surface area contributed by atoms with Crippen LogP contribution in [0.25, 0.3) is 11.0 Å². The summed E-state index contributed by atoms with van der Waals surface area (Å²) in [7, 11) is 1.87. The highest BCUT2D eigenvalue weighted by Crippen LogP contribution is 2.29. The van der Waals surface area contributed by atoms with Crippen LogP contribution >= 0.6 is 11.8 Å². The van der Waals surface area contributed by atoms with Gasteiger partial charge in [0, 0.05) is 13.2 Å². The number of rotatable bonds is 5. The number of imidazole rings is 1. The minimum absolute atomic E-state index is 0.0578. The second kappa shape index (κ2) is 7.36. The topological polar surface area (TPSA) is 59.8 Å². The van der Waals surface area contributed by atoms with Gasteiger partial charge in [-0.3, -0.25) is 4.79 Å². The van der Waals surface area contributed by atoms with Crippen LogP contribution in [0.4, 0.5) is 13.2 Å². The van der Waals surface area contributed by atoms with E-state index in [1.165, 1.54) is 6.07 Å². The Morgan fingerprint density at radius 2 is 2.00 bits per heavy atom. The summed E-state index contributed by atoms with van der Waals surface area (Å²) in [5.41, 5.74) is 1.01. The first-order valence-corrected chi connectivity index (χ1v) is 8.66. The average Bonchev–Trinajstić information content (AvgIpc) is 2.94. The maximum atomic E-state index is 12.5. The van der Waals surface area contributed by atoms with Gasteiger partial charge in [-0.1, -0.05) is 23.9 Å². The molecule has 0 aliphatic heterocycles. The lowest BCUT2D eigenvalue weighted by Crippen LogP contribution is -2.26. The molecule has 0 radical (unpaired) electrons. The zero-order valence-corrected chi connectivity index (χ0v) is 14.6. The number of pyridine rings is 1. The Morgan fingerprint density at radius 1 is 1.23 bits per heavy atom. The van der Waals surface area contributed by atoms with Crippen molar-refractivity contribution in [3.63, 3.8) is 0 Å². The number of carbonyl (C=O) groups excluding carboxylic acids is 1. The SMILES string of the molecule is Cn1c(CNC(=O)CSc2ccc(C(F)(F)F)cn2)nc2ccccc21. The first-order chi connectivity index (χ1) is 12.3. The van der Waals surface area contributed by atoms with Gasteiger partial charge in [-0.15, -0.1) is 0 Å². The normalized spacial score (nSPS) is 11.7. The number of carbonyl (C=O) groups is 1. The Bertz CT molecular complexity index is 922. The number of para-hydroxylation sites is 2. The molecule has 5 nitrogen and oxygen atoms in total. The lowest BCUT2D eigenvalue weighted by Gasteiger charge is -2.07. The van der Waals surface area contributed by atoms with Gasteiger partial charge in [0.25, 0.3) is 0 Å². The molecule has 1 aromatic carbocycles. The maximum Gasteiger partial charge on any atom is 0.417 e. The van der Waals surface area contributed by atoms with Gasteiger partial charge in [-0.2, -0.15) is 13.2 Å². The van der Waals surface area contributed by atoms with Gasteiger partial charge in [-0.25, -0.2) is 9.97 Å². The Kier molecular flexibility index (Phi) is 5.17. The second-order valence-corrected chi connectivity index (χ2v) is 6.52. The number of nitrogens with one attached hydrogen (secondary N) is 1. The van der Waals surface area contributed by atoms with E-state index in [4.69, 9.17) is 0 Å². The number of benzene rings is 1. The van der Waals surface area contributed by atoms with E-state index in [0.717, 1.165) is 40.9 Å². The minimum Gasteiger partial charge on any atom is -0.348 e. The van der Waals surface area contributed by atoms with E-state index >= 15 is 0 Å². The van der Waals surface area contributed by atoms with Gasteiger partial charge in [0.1, 0.15) is 5.82 Å². The Balaban J connectivity index is 1.53. The number of hydrogen-bond acceptors (Lipinski definition) is 4. The fraction of sp³-hybridized carbons (Fsp3) is 0.235. The van der Waals surface area contributed by atoms with Crippen molar-refractivity contribution in [2.75, 3.05) is 5.75 Å². The number of thioether (sulfide) groups is 1. The van der Waals surface area contributed by atoms with Crippen LogP contribution in [0.1, 0.15) is 11.4 Å². The van der Waals surface area contributed by atoms with E-state index in [1.54, 1.807) is 0 Å². The summed E-state index contributed by atoms with van der Waals surface area (Å²) in [5, 5.41) is 3.11. The highest BCUT2D eigenvalue weighted by molar-refractivity contribution is 7.99. The predicted octanol–water partition coefficient (Wildman–Crippen LogP) is 3.40. The molecule has 9 heteroatoms. The van der Waals surface area contributed by atoms with E-state index < -0.39 is 11.7 Å². The summed E-state index contributed by atoms with van der Waals surface area (Å²) < 4.78 is 39.4. The fourth-order valence-corrected chi connectivity index (χ4v) is 3.03. The molecule has 0 aliphatic rings. The molecule has 3 rings (SSSR count). The molecule has 0 atom stereocenters. The zero-order chi connectivity index (χ0) is 18.7. The lowest BCUT2D eigenvalue weighted by molar-refractivity contribution is -0.137. The number of hydrogen-bond donors (Lipinski definition) is 1. The number of aryl methyl sites for hydroxylation is 1. The molecule has 0 saturated carbocycles. The molecule has 0 fully saturated rings. The van der Waals surface area contributed by atoms with Crippen molar-refractivity contribution in [2.45, 2.75) is 17.7 Å². The molecule has 0 saturated heterocycles. The van der Waals surface area contributed by atoms with E-state index in [1.807, 2.05) is 35.9 Å².